The minimum absolute atomic E-state index is 0.0152. The van der Waals surface area contributed by atoms with Gasteiger partial charge in [-0.25, -0.2) is 0 Å². The fourth-order valence-corrected chi connectivity index (χ4v) is 3.35. The number of nitrogens with zero attached hydrogens (tertiary/aromatic N) is 2. The van der Waals surface area contributed by atoms with Crippen molar-refractivity contribution in [1.82, 2.24) is 9.80 Å². The first-order valence-corrected chi connectivity index (χ1v) is 8.66. The van der Waals surface area contributed by atoms with E-state index in [-0.39, 0.29) is 30.2 Å². The van der Waals surface area contributed by atoms with Crippen LogP contribution >= 0.6 is 11.6 Å². The van der Waals surface area contributed by atoms with Gasteiger partial charge in [-0.3, -0.25) is 9.59 Å². The molecule has 0 aliphatic carbocycles. The zero-order chi connectivity index (χ0) is 18.0. The number of amides is 2. The topological polar surface area (TPSA) is 53.8 Å². The van der Waals surface area contributed by atoms with Gasteiger partial charge in [0.1, 0.15) is 5.76 Å². The molecular formula is C19H21ClN2O3. The van der Waals surface area contributed by atoms with Crippen LogP contribution in [-0.2, 0) is 16.1 Å². The lowest BCUT2D eigenvalue weighted by Crippen LogP contribution is -2.36. The molecule has 2 heterocycles. The van der Waals surface area contributed by atoms with Gasteiger partial charge < -0.3 is 14.2 Å². The monoisotopic (exact) mass is 360 g/mol. The van der Waals surface area contributed by atoms with Crippen LogP contribution < -0.4 is 0 Å². The summed E-state index contributed by atoms with van der Waals surface area (Å²) in [5.74, 6) is 0.359. The van der Waals surface area contributed by atoms with Crippen molar-refractivity contribution in [2.24, 2.45) is 5.92 Å². The van der Waals surface area contributed by atoms with E-state index in [9.17, 15) is 9.59 Å². The van der Waals surface area contributed by atoms with Gasteiger partial charge in [0, 0.05) is 25.0 Å². The fourth-order valence-electron chi connectivity index (χ4n) is 3.15. The predicted molar refractivity (Wildman–Crippen MR) is 94.9 cm³/mol. The Bertz CT molecular complexity index is 760. The van der Waals surface area contributed by atoms with Crippen molar-refractivity contribution in [3.63, 3.8) is 0 Å². The summed E-state index contributed by atoms with van der Waals surface area (Å²) in [5.41, 5.74) is 0.972. The van der Waals surface area contributed by atoms with E-state index < -0.39 is 0 Å². The van der Waals surface area contributed by atoms with E-state index in [4.69, 9.17) is 16.0 Å². The Morgan fingerprint density at radius 2 is 2.20 bits per heavy atom. The third-order valence-corrected chi connectivity index (χ3v) is 4.99. The highest BCUT2D eigenvalue weighted by molar-refractivity contribution is 6.30. The summed E-state index contributed by atoms with van der Waals surface area (Å²) in [7, 11) is 1.77. The number of rotatable bonds is 5. The molecule has 6 heteroatoms. The summed E-state index contributed by atoms with van der Waals surface area (Å²) in [4.78, 5) is 28.4. The number of hydrogen-bond acceptors (Lipinski definition) is 3. The molecule has 132 valence electrons. The van der Waals surface area contributed by atoms with Crippen molar-refractivity contribution in [2.75, 3.05) is 13.6 Å². The molecule has 0 saturated carbocycles. The van der Waals surface area contributed by atoms with E-state index in [0.717, 1.165) is 11.3 Å². The van der Waals surface area contributed by atoms with Crippen molar-refractivity contribution >= 4 is 23.4 Å². The number of furan rings is 1. The molecule has 2 amide bonds. The summed E-state index contributed by atoms with van der Waals surface area (Å²) in [6.45, 7) is 2.79. The minimum Gasteiger partial charge on any atom is -0.467 e. The lowest BCUT2D eigenvalue weighted by atomic mass is 10.0. The standard InChI is InChI=1S/C19H21ClN2O3/c1-13(14-5-3-6-16(20)9-14)21(2)19(24)15-10-18(23)22(11-15)12-17-7-4-8-25-17/h3-9,13,15H,10-12H2,1-2H3. The van der Waals surface area contributed by atoms with Crippen LogP contribution in [0, 0.1) is 5.92 Å². The second-order valence-corrected chi connectivity index (χ2v) is 6.87. The third kappa shape index (κ3) is 3.87. The van der Waals surface area contributed by atoms with Crippen molar-refractivity contribution in [1.29, 1.82) is 0 Å². The average molecular weight is 361 g/mol. The van der Waals surface area contributed by atoms with E-state index in [1.807, 2.05) is 37.3 Å². The van der Waals surface area contributed by atoms with Gasteiger partial charge in [0.15, 0.2) is 0 Å². The highest BCUT2D eigenvalue weighted by Crippen LogP contribution is 2.27. The van der Waals surface area contributed by atoms with Crippen LogP contribution in [0.1, 0.15) is 30.7 Å². The van der Waals surface area contributed by atoms with Gasteiger partial charge in [0.2, 0.25) is 11.8 Å². The van der Waals surface area contributed by atoms with Crippen LogP contribution in [0.15, 0.2) is 47.1 Å². The van der Waals surface area contributed by atoms with E-state index in [1.54, 1.807) is 29.2 Å². The molecule has 2 atom stereocenters. The summed E-state index contributed by atoms with van der Waals surface area (Å²) in [6, 6.07) is 11.0. The number of carbonyl (C=O) groups is 2. The first-order chi connectivity index (χ1) is 12.0. The zero-order valence-electron chi connectivity index (χ0n) is 14.3. The molecule has 25 heavy (non-hydrogen) atoms. The Balaban J connectivity index is 1.65. The fraction of sp³-hybridized carbons (Fsp3) is 0.368. The lowest BCUT2D eigenvalue weighted by Gasteiger charge is -2.28. The zero-order valence-corrected chi connectivity index (χ0v) is 15.1. The molecule has 1 aliphatic rings. The number of halogens is 1. The maximum Gasteiger partial charge on any atom is 0.228 e. The molecule has 0 bridgehead atoms. The first kappa shape index (κ1) is 17.5. The van der Waals surface area contributed by atoms with Gasteiger partial charge in [0.05, 0.1) is 24.8 Å². The van der Waals surface area contributed by atoms with E-state index in [0.29, 0.717) is 18.1 Å². The number of likely N-dealkylation sites (tertiary alicyclic amines) is 1. The maximum atomic E-state index is 12.8. The van der Waals surface area contributed by atoms with E-state index >= 15 is 0 Å². The number of carbonyl (C=O) groups excluding carboxylic acids is 2. The largest absolute Gasteiger partial charge is 0.467 e. The molecule has 0 radical (unpaired) electrons. The summed E-state index contributed by atoms with van der Waals surface area (Å²) < 4.78 is 5.29. The number of hydrogen-bond donors (Lipinski definition) is 0. The van der Waals surface area contributed by atoms with Crippen molar-refractivity contribution in [3.05, 3.63) is 59.0 Å². The number of benzene rings is 1. The molecule has 0 spiro atoms. The third-order valence-electron chi connectivity index (χ3n) is 4.75. The first-order valence-electron chi connectivity index (χ1n) is 8.28. The smallest absolute Gasteiger partial charge is 0.228 e. The van der Waals surface area contributed by atoms with Gasteiger partial charge in [0.25, 0.3) is 0 Å². The van der Waals surface area contributed by atoms with Crippen LogP contribution in [0.4, 0.5) is 0 Å². The quantitative estimate of drug-likeness (QED) is 0.820. The summed E-state index contributed by atoms with van der Waals surface area (Å²) in [6.07, 6.45) is 1.82. The van der Waals surface area contributed by atoms with Crippen LogP contribution in [0.3, 0.4) is 0 Å². The summed E-state index contributed by atoms with van der Waals surface area (Å²) in [5, 5.41) is 0.644. The molecule has 1 aromatic heterocycles. The van der Waals surface area contributed by atoms with Crippen LogP contribution in [0.2, 0.25) is 5.02 Å². The van der Waals surface area contributed by atoms with Gasteiger partial charge >= 0.3 is 0 Å². The van der Waals surface area contributed by atoms with Gasteiger partial charge in [-0.2, -0.15) is 0 Å². The normalized spacial score (nSPS) is 18.4. The van der Waals surface area contributed by atoms with Crippen LogP contribution in [-0.4, -0.2) is 35.2 Å². The van der Waals surface area contributed by atoms with Gasteiger partial charge in [-0.15, -0.1) is 0 Å². The van der Waals surface area contributed by atoms with Crippen molar-refractivity contribution in [2.45, 2.75) is 25.9 Å². The second kappa shape index (κ2) is 7.31. The van der Waals surface area contributed by atoms with Gasteiger partial charge in [-0.1, -0.05) is 23.7 Å². The van der Waals surface area contributed by atoms with Gasteiger partial charge in [-0.05, 0) is 36.8 Å². The van der Waals surface area contributed by atoms with Crippen LogP contribution in [0.5, 0.6) is 0 Å². The molecule has 1 saturated heterocycles. The summed E-state index contributed by atoms with van der Waals surface area (Å²) >= 11 is 6.04. The Morgan fingerprint density at radius 3 is 2.88 bits per heavy atom. The molecule has 5 nitrogen and oxygen atoms in total. The Morgan fingerprint density at radius 1 is 1.40 bits per heavy atom. The maximum absolute atomic E-state index is 12.8. The molecular weight excluding hydrogens is 340 g/mol. The average Bonchev–Trinajstić information content (AvgIpc) is 3.23. The molecule has 2 aromatic rings. The highest BCUT2D eigenvalue weighted by atomic mass is 35.5. The molecule has 1 aliphatic heterocycles. The minimum atomic E-state index is -0.325. The second-order valence-electron chi connectivity index (χ2n) is 6.43. The van der Waals surface area contributed by atoms with Crippen LogP contribution in [0.25, 0.3) is 0 Å². The molecule has 1 fully saturated rings. The van der Waals surface area contributed by atoms with Crippen molar-refractivity contribution in [3.8, 4) is 0 Å². The van der Waals surface area contributed by atoms with Crippen molar-refractivity contribution < 1.29 is 14.0 Å². The predicted octanol–water partition coefficient (Wildman–Crippen LogP) is 3.50. The molecule has 2 unspecified atom stereocenters. The highest BCUT2D eigenvalue weighted by Gasteiger charge is 2.37. The Labute approximate surface area is 152 Å². The van der Waals surface area contributed by atoms with E-state index in [1.165, 1.54) is 0 Å². The SMILES string of the molecule is CC(c1cccc(Cl)c1)N(C)C(=O)C1CC(=O)N(Cc2ccco2)C1. The van der Waals surface area contributed by atoms with E-state index in [2.05, 4.69) is 0 Å². The molecule has 0 N–H and O–H groups in total. The molecule has 3 rings (SSSR count). The Kier molecular flexibility index (Phi) is 5.13. The molecule has 1 aromatic carbocycles. The lowest BCUT2D eigenvalue weighted by molar-refractivity contribution is -0.136. The Hall–Kier alpha value is -2.27.